The Labute approximate surface area is 329 Å². The Morgan fingerprint density at radius 1 is 0.926 bits per heavy atom. The average Bonchev–Trinajstić information content (AvgIpc) is 3.15. The number of carbonyl (C=O) groups excluding carboxylic acids is 5. The Kier molecular flexibility index (Phi) is 14.3. The number of hydrogen-bond donors (Lipinski definition) is 7. The number of benzene rings is 2. The van der Waals surface area contributed by atoms with E-state index in [-0.39, 0.29) is 43.9 Å². The van der Waals surface area contributed by atoms with Crippen LogP contribution in [0.2, 0.25) is 0 Å². The number of ether oxygens (including phenoxy) is 1. The number of rotatable bonds is 23. The summed E-state index contributed by atoms with van der Waals surface area (Å²) in [6, 6.07) is -3.61. The molecule has 1 unspecified atom stereocenters. The zero-order valence-electron chi connectivity index (χ0n) is 39.1. The van der Waals surface area contributed by atoms with Crippen LogP contribution in [0, 0.1) is 25.7 Å². The van der Waals surface area contributed by atoms with E-state index in [2.05, 4.69) is 20.9 Å². The lowest BCUT2D eigenvalue weighted by molar-refractivity contribution is -0.134. The smallest absolute Gasteiger partial charge is 0.408 e. The topological polar surface area (TPSA) is 241 Å². The Balaban J connectivity index is 2.63. The molecule has 0 bridgehead atoms. The monoisotopic (exact) mass is 759 g/mol. The van der Waals surface area contributed by atoms with Crippen LogP contribution in [0.4, 0.5) is 4.79 Å². The van der Waals surface area contributed by atoms with Crippen LogP contribution in [-0.4, -0.2) is 78.4 Å². The first-order valence-electron chi connectivity index (χ1n) is 21.5. The van der Waals surface area contributed by atoms with E-state index in [1.54, 1.807) is 41.7 Å². The highest BCUT2D eigenvalue weighted by atomic mass is 16.6. The lowest BCUT2D eigenvalue weighted by Crippen LogP contribution is -2.48. The minimum Gasteiger partial charge on any atom is -0.508 e. The van der Waals surface area contributed by atoms with Crippen molar-refractivity contribution in [3.8, 4) is 5.75 Å². The molecule has 0 spiro atoms. The molecule has 5 atom stereocenters. The van der Waals surface area contributed by atoms with Crippen molar-refractivity contribution in [3.63, 3.8) is 0 Å². The summed E-state index contributed by atoms with van der Waals surface area (Å²) in [5.41, 5.74) is 16.8. The van der Waals surface area contributed by atoms with Crippen molar-refractivity contribution in [3.05, 3.63) is 64.6 Å². The highest BCUT2D eigenvalue weighted by Gasteiger charge is 2.33. The first-order chi connectivity index (χ1) is 28.2. The molecule has 54 heavy (non-hydrogen) atoms. The van der Waals surface area contributed by atoms with Crippen molar-refractivity contribution in [2.75, 3.05) is 20.1 Å². The Morgan fingerprint density at radius 3 is 2.09 bits per heavy atom. The van der Waals surface area contributed by atoms with Gasteiger partial charge in [-0.3, -0.25) is 24.2 Å². The summed E-state index contributed by atoms with van der Waals surface area (Å²) in [4.78, 5) is 72.6. The van der Waals surface area contributed by atoms with Crippen molar-refractivity contribution in [1.29, 1.82) is 0 Å². The van der Waals surface area contributed by atoms with Crippen molar-refractivity contribution >= 4 is 35.4 Å². The lowest BCUT2D eigenvalue weighted by Gasteiger charge is -2.26. The van der Waals surface area contributed by atoms with Crippen molar-refractivity contribution in [2.45, 2.75) is 110 Å². The molecule has 14 heteroatoms. The number of aryl methyl sites for hydroxylation is 2. The van der Waals surface area contributed by atoms with Gasteiger partial charge in [-0.1, -0.05) is 30.2 Å². The highest BCUT2D eigenvalue weighted by Crippen LogP contribution is 2.26. The van der Waals surface area contributed by atoms with E-state index in [9.17, 15) is 29.1 Å². The first-order valence-corrected chi connectivity index (χ1v) is 17.9. The van der Waals surface area contributed by atoms with Gasteiger partial charge in [0.2, 0.25) is 11.8 Å². The number of guanidine groups is 1. The molecule has 0 saturated carbocycles. The minimum atomic E-state index is -2.85. The molecule has 14 nitrogen and oxygen atoms in total. The second-order valence-electron chi connectivity index (χ2n) is 14.2. The Bertz CT molecular complexity index is 1910. The third-order valence-electron chi connectivity index (χ3n) is 8.37. The number of aromatic hydroxyl groups is 1. The van der Waals surface area contributed by atoms with E-state index >= 15 is 0 Å². The van der Waals surface area contributed by atoms with Gasteiger partial charge in [0, 0.05) is 33.9 Å². The number of Topliss-reactive ketones (excluding diaryl/α,β-unsaturated/α-hetero) is 2. The molecule has 3 amide bonds. The predicted octanol–water partition coefficient (Wildman–Crippen LogP) is 3.25. The van der Waals surface area contributed by atoms with Gasteiger partial charge in [-0.15, -0.1) is 0 Å². The summed E-state index contributed by atoms with van der Waals surface area (Å²) in [5, 5.41) is 18.5. The van der Waals surface area contributed by atoms with E-state index in [4.69, 9.17) is 31.5 Å². The van der Waals surface area contributed by atoms with Gasteiger partial charge in [0.1, 0.15) is 11.4 Å². The number of primary amides is 1. The molecule has 2 aromatic rings. The molecule has 10 N–H and O–H groups in total. The van der Waals surface area contributed by atoms with Crippen molar-refractivity contribution in [2.24, 2.45) is 34.0 Å². The van der Waals surface area contributed by atoms with Gasteiger partial charge in [-0.2, -0.15) is 0 Å². The van der Waals surface area contributed by atoms with Gasteiger partial charge < -0.3 is 43.0 Å². The third kappa shape index (κ3) is 16.8. The number of ketones is 2. The number of carbonyl (C=O) groups is 5. The molecule has 0 aliphatic rings. The molecule has 298 valence electrons. The summed E-state index contributed by atoms with van der Waals surface area (Å²) < 4.78 is 63.9. The number of nitrogens with one attached hydrogen (secondary N) is 3. The van der Waals surface area contributed by atoms with Gasteiger partial charge in [0.25, 0.3) is 0 Å². The number of phenols is 1. The number of nitrogens with two attached hydrogens (primary N) is 3. The van der Waals surface area contributed by atoms with Crippen LogP contribution in [0.15, 0.2) is 47.3 Å². The summed E-state index contributed by atoms with van der Waals surface area (Å²) in [6.45, 7) is 9.05. The molecular formula is C40H61N7O7. The fourth-order valence-corrected chi connectivity index (χ4v) is 5.73. The summed E-state index contributed by atoms with van der Waals surface area (Å²) in [5.74, 6) is -7.93. The Morgan fingerprint density at radius 2 is 1.52 bits per heavy atom. The van der Waals surface area contributed by atoms with E-state index in [1.165, 1.54) is 12.1 Å². The molecule has 2 aromatic carbocycles. The molecule has 0 saturated heterocycles. The molecule has 0 radical (unpaired) electrons. The van der Waals surface area contributed by atoms with E-state index in [0.29, 0.717) is 36.1 Å². The van der Waals surface area contributed by atoms with Crippen LogP contribution in [0.5, 0.6) is 5.75 Å². The number of phenolic OH excluding ortho intramolecular Hbond substituents is 1. The number of aliphatic imine (C=N–C) groups is 1. The molecule has 0 aliphatic heterocycles. The second kappa shape index (κ2) is 22.3. The van der Waals surface area contributed by atoms with E-state index < -0.39 is 114 Å². The SMILES string of the molecule is [2H]c1c([2H])c([2H])c(C([2H])[C@]([2H])(CC(=O)[C@H](CCCCNC)NC(=O)[C@@H](CC(=O)[C@@H](CCCN=C(N)N)NC(=O)OC(C)(C)C)Cc2c(C)cc(O)cc2C)C(N)=O)c([2H])c1[2H]. The standard InChI is InChI=1S/C40H61N7O7/c1-25-19-30(48)20-26(2)31(25)22-29(24-35(50)33(16-12-18-45-38(42)43)47-39(53)54-40(3,4)5)37(52)46-32(15-10-11-17-44-6)34(49)23-28(36(41)51)21-27-13-8-7-9-14-27/h7-9,13-14,19-20,28-29,32-33,44,48H,10-12,15-18,21-24H2,1-6H3,(H2,41,51)(H,46,52)(H,47,53)(H4,42,43,45)/t28-,29-,32+,33-/m1/s1/i7D,8D,9D,13D,14D,21D,28D/t21?,28-,29-,32+,33-. The van der Waals surface area contributed by atoms with Gasteiger partial charge in [-0.05, 0) is 128 Å². The van der Waals surface area contributed by atoms with Crippen molar-refractivity contribution < 1.29 is 43.4 Å². The molecule has 0 aliphatic carbocycles. The van der Waals surface area contributed by atoms with Crippen LogP contribution in [0.25, 0.3) is 0 Å². The maximum atomic E-state index is 14.5. The maximum absolute atomic E-state index is 14.5. The predicted molar refractivity (Wildman–Crippen MR) is 210 cm³/mol. The quantitative estimate of drug-likeness (QED) is 0.0496. The molecular weight excluding hydrogens is 690 g/mol. The van der Waals surface area contributed by atoms with Gasteiger partial charge in [0.15, 0.2) is 17.5 Å². The zero-order chi connectivity index (χ0) is 46.6. The van der Waals surface area contributed by atoms with Crippen molar-refractivity contribution in [1.82, 2.24) is 16.0 Å². The van der Waals surface area contributed by atoms with Crippen LogP contribution >= 0.6 is 0 Å². The van der Waals surface area contributed by atoms with Crippen LogP contribution in [0.1, 0.15) is 97.6 Å². The third-order valence-corrected chi connectivity index (χ3v) is 8.37. The summed E-state index contributed by atoms with van der Waals surface area (Å²) in [6.07, 6.45) is -3.48. The van der Waals surface area contributed by atoms with Crippen LogP contribution in [0.3, 0.4) is 0 Å². The van der Waals surface area contributed by atoms with Crippen LogP contribution in [-0.2, 0) is 36.7 Å². The largest absolute Gasteiger partial charge is 0.508 e. The molecule has 0 aromatic heterocycles. The van der Waals surface area contributed by atoms with E-state index in [0.717, 1.165) is 0 Å². The number of amides is 3. The normalized spacial score (nSPS) is 16.5. The lowest BCUT2D eigenvalue weighted by atomic mass is 9.86. The molecule has 2 rings (SSSR count). The number of alkyl carbamates (subject to hydrolysis) is 1. The highest BCUT2D eigenvalue weighted by molar-refractivity contribution is 5.95. The van der Waals surface area contributed by atoms with Gasteiger partial charge >= 0.3 is 6.09 Å². The van der Waals surface area contributed by atoms with E-state index in [1.807, 2.05) is 0 Å². The minimum absolute atomic E-state index is 0.00995. The Hall–Kier alpha value is -4.98. The summed E-state index contributed by atoms with van der Waals surface area (Å²) in [7, 11) is 1.72. The molecule has 0 heterocycles. The number of unbranched alkanes of at least 4 members (excludes halogenated alkanes) is 1. The number of hydrogen-bond acceptors (Lipinski definition) is 9. The zero-order valence-corrected chi connectivity index (χ0v) is 32.1. The van der Waals surface area contributed by atoms with Gasteiger partial charge in [-0.25, -0.2) is 4.79 Å². The average molecular weight is 759 g/mol. The fourth-order valence-electron chi connectivity index (χ4n) is 5.73. The first kappa shape index (κ1) is 34.8. The summed E-state index contributed by atoms with van der Waals surface area (Å²) >= 11 is 0. The maximum Gasteiger partial charge on any atom is 0.408 e. The second-order valence-corrected chi connectivity index (χ2v) is 14.2. The van der Waals surface area contributed by atoms with Crippen LogP contribution < -0.4 is 33.2 Å². The van der Waals surface area contributed by atoms with Gasteiger partial charge in [0.05, 0.1) is 18.9 Å². The fraction of sp³-hybridized carbons (Fsp3) is 0.550. The number of nitrogens with zero attached hydrogens (tertiary/aromatic N) is 1. The molecule has 0 fully saturated rings.